The lowest BCUT2D eigenvalue weighted by molar-refractivity contribution is -0.122. The van der Waals surface area contributed by atoms with Crippen molar-refractivity contribution in [3.8, 4) is 5.75 Å². The smallest absolute Gasteiger partial charge is 0.338 e. The highest BCUT2D eigenvalue weighted by Gasteiger charge is 2.19. The number of hydrogen-bond acceptors (Lipinski definition) is 4. The summed E-state index contributed by atoms with van der Waals surface area (Å²) in [5.41, 5.74) is 4.85. The van der Waals surface area contributed by atoms with Gasteiger partial charge in [0, 0.05) is 5.69 Å². The lowest BCUT2D eigenvalue weighted by atomic mass is 10.1. The summed E-state index contributed by atoms with van der Waals surface area (Å²) in [6, 6.07) is 9.11. The van der Waals surface area contributed by atoms with Crippen LogP contribution in [-0.2, 0) is 9.53 Å². The van der Waals surface area contributed by atoms with Crippen LogP contribution in [0.1, 0.15) is 39.5 Å². The molecule has 0 unspecified atom stereocenters. The Bertz CT molecular complexity index is 842. The first-order valence-corrected chi connectivity index (χ1v) is 8.48. The molecule has 0 aromatic heterocycles. The number of carbonyl (C=O) groups is 2. The zero-order valence-corrected chi connectivity index (χ0v) is 16.1. The number of anilines is 1. The molecule has 0 aliphatic rings. The zero-order valence-electron chi connectivity index (χ0n) is 16.1. The molecule has 0 aliphatic heterocycles. The van der Waals surface area contributed by atoms with E-state index in [0.29, 0.717) is 22.6 Å². The summed E-state index contributed by atoms with van der Waals surface area (Å²) in [7, 11) is 1.33. The first-order chi connectivity index (χ1) is 12.2. The van der Waals surface area contributed by atoms with Crippen LogP contribution in [0.4, 0.5) is 5.69 Å². The van der Waals surface area contributed by atoms with E-state index in [1.165, 1.54) is 7.11 Å². The normalized spacial score (nSPS) is 11.6. The van der Waals surface area contributed by atoms with E-state index in [2.05, 4.69) is 11.4 Å². The van der Waals surface area contributed by atoms with Crippen LogP contribution in [0.15, 0.2) is 30.3 Å². The number of ether oxygens (including phenoxy) is 2. The van der Waals surface area contributed by atoms with Gasteiger partial charge in [0.1, 0.15) is 5.75 Å². The number of hydrogen-bond donors (Lipinski definition) is 1. The molecule has 0 radical (unpaired) electrons. The van der Waals surface area contributed by atoms with Gasteiger partial charge in [-0.3, -0.25) is 4.79 Å². The van der Waals surface area contributed by atoms with Gasteiger partial charge in [0.05, 0.1) is 12.7 Å². The maximum Gasteiger partial charge on any atom is 0.338 e. The number of carbonyl (C=O) groups excluding carboxylic acids is 2. The first-order valence-electron chi connectivity index (χ1n) is 8.48. The molecule has 1 atom stereocenters. The fourth-order valence-electron chi connectivity index (χ4n) is 2.70. The highest BCUT2D eigenvalue weighted by molar-refractivity contribution is 5.98. The molecule has 5 nitrogen and oxygen atoms in total. The Hall–Kier alpha value is -2.82. The van der Waals surface area contributed by atoms with E-state index < -0.39 is 12.1 Å². The fourth-order valence-corrected chi connectivity index (χ4v) is 2.70. The second kappa shape index (κ2) is 8.04. The lowest BCUT2D eigenvalue weighted by Crippen LogP contribution is -2.30. The van der Waals surface area contributed by atoms with E-state index in [1.807, 2.05) is 26.8 Å². The van der Waals surface area contributed by atoms with Crippen LogP contribution in [0.25, 0.3) is 0 Å². The molecule has 0 bridgehead atoms. The van der Waals surface area contributed by atoms with Crippen molar-refractivity contribution in [3.63, 3.8) is 0 Å². The molecule has 2 aromatic rings. The van der Waals surface area contributed by atoms with Gasteiger partial charge < -0.3 is 14.8 Å². The Morgan fingerprint density at radius 3 is 2.38 bits per heavy atom. The Morgan fingerprint density at radius 1 is 1.04 bits per heavy atom. The van der Waals surface area contributed by atoms with Gasteiger partial charge in [0.15, 0.2) is 6.10 Å². The first kappa shape index (κ1) is 19.5. The van der Waals surface area contributed by atoms with Crippen LogP contribution in [0.5, 0.6) is 5.75 Å². The standard InChI is InChI=1S/C21H25NO4/c1-12-10-13(2)14(3)19(11-12)26-16(5)20(23)22-18-9-7-8-17(15(18)4)21(24)25-6/h7-11,16H,1-6H3,(H,22,23)/t16-/m1/s1. The Morgan fingerprint density at radius 2 is 1.73 bits per heavy atom. The summed E-state index contributed by atoms with van der Waals surface area (Å²) in [6.45, 7) is 9.44. The Kier molecular flexibility index (Phi) is 6.03. The number of rotatable bonds is 5. The molecule has 0 saturated heterocycles. The van der Waals surface area contributed by atoms with E-state index in [-0.39, 0.29) is 5.91 Å². The van der Waals surface area contributed by atoms with Crippen molar-refractivity contribution in [1.82, 2.24) is 0 Å². The molecular weight excluding hydrogens is 330 g/mol. The van der Waals surface area contributed by atoms with Gasteiger partial charge in [-0.1, -0.05) is 12.1 Å². The molecule has 1 amide bonds. The summed E-state index contributed by atoms with van der Waals surface area (Å²) in [5.74, 6) is -0.0207. The average Bonchev–Trinajstić information content (AvgIpc) is 2.60. The predicted octanol–water partition coefficient (Wildman–Crippen LogP) is 4.11. The van der Waals surface area contributed by atoms with Gasteiger partial charge in [-0.15, -0.1) is 0 Å². The number of nitrogens with one attached hydrogen (secondary N) is 1. The molecule has 0 aliphatic carbocycles. The molecule has 2 rings (SSSR count). The van der Waals surface area contributed by atoms with Crippen LogP contribution < -0.4 is 10.1 Å². The number of aryl methyl sites for hydroxylation is 2. The van der Waals surface area contributed by atoms with Crippen LogP contribution in [0.2, 0.25) is 0 Å². The maximum atomic E-state index is 12.5. The average molecular weight is 355 g/mol. The minimum Gasteiger partial charge on any atom is -0.481 e. The predicted molar refractivity (Wildman–Crippen MR) is 102 cm³/mol. The number of methoxy groups -OCH3 is 1. The van der Waals surface area contributed by atoms with Crippen molar-refractivity contribution in [2.45, 2.75) is 40.7 Å². The number of amides is 1. The van der Waals surface area contributed by atoms with Gasteiger partial charge in [0.2, 0.25) is 0 Å². The minimum atomic E-state index is -0.684. The highest BCUT2D eigenvalue weighted by Crippen LogP contribution is 2.25. The molecule has 0 heterocycles. The molecule has 138 valence electrons. The summed E-state index contributed by atoms with van der Waals surface area (Å²) in [5, 5.41) is 2.83. The molecule has 1 N–H and O–H groups in total. The summed E-state index contributed by atoms with van der Waals surface area (Å²) < 4.78 is 10.6. The zero-order chi connectivity index (χ0) is 19.4. The lowest BCUT2D eigenvalue weighted by Gasteiger charge is -2.19. The Balaban J connectivity index is 2.17. The molecule has 0 saturated carbocycles. The van der Waals surface area contributed by atoms with Gasteiger partial charge in [-0.2, -0.15) is 0 Å². The van der Waals surface area contributed by atoms with Crippen molar-refractivity contribution in [1.29, 1.82) is 0 Å². The maximum absolute atomic E-state index is 12.5. The summed E-state index contributed by atoms with van der Waals surface area (Å²) in [6.07, 6.45) is -0.684. The molecule has 2 aromatic carbocycles. The molecule has 0 spiro atoms. The third-order valence-corrected chi connectivity index (χ3v) is 4.43. The van der Waals surface area contributed by atoms with E-state index in [9.17, 15) is 9.59 Å². The van der Waals surface area contributed by atoms with E-state index in [0.717, 1.165) is 16.7 Å². The van der Waals surface area contributed by atoms with Crippen molar-refractivity contribution in [3.05, 3.63) is 58.1 Å². The third kappa shape index (κ3) is 4.23. The fraction of sp³-hybridized carbons (Fsp3) is 0.333. The van der Waals surface area contributed by atoms with E-state index in [4.69, 9.17) is 9.47 Å². The highest BCUT2D eigenvalue weighted by atomic mass is 16.5. The van der Waals surface area contributed by atoms with Crippen molar-refractivity contribution in [2.75, 3.05) is 12.4 Å². The largest absolute Gasteiger partial charge is 0.481 e. The van der Waals surface area contributed by atoms with Crippen LogP contribution >= 0.6 is 0 Å². The minimum absolute atomic E-state index is 0.284. The van der Waals surface area contributed by atoms with Crippen molar-refractivity contribution in [2.24, 2.45) is 0 Å². The van der Waals surface area contributed by atoms with Crippen molar-refractivity contribution < 1.29 is 19.1 Å². The van der Waals surface area contributed by atoms with Gasteiger partial charge in [-0.05, 0) is 75.1 Å². The van der Waals surface area contributed by atoms with E-state index >= 15 is 0 Å². The molecule has 0 fully saturated rings. The monoisotopic (exact) mass is 355 g/mol. The quantitative estimate of drug-likeness (QED) is 0.820. The molecule has 26 heavy (non-hydrogen) atoms. The Labute approximate surface area is 154 Å². The molecule has 5 heteroatoms. The van der Waals surface area contributed by atoms with Crippen molar-refractivity contribution >= 4 is 17.6 Å². The number of esters is 1. The van der Waals surface area contributed by atoms with Crippen LogP contribution in [-0.4, -0.2) is 25.1 Å². The molecular formula is C21H25NO4. The van der Waals surface area contributed by atoms with E-state index in [1.54, 1.807) is 32.0 Å². The third-order valence-electron chi connectivity index (χ3n) is 4.43. The van der Waals surface area contributed by atoms with Gasteiger partial charge in [0.25, 0.3) is 5.91 Å². The summed E-state index contributed by atoms with van der Waals surface area (Å²) in [4.78, 5) is 24.3. The number of benzene rings is 2. The van der Waals surface area contributed by atoms with Crippen LogP contribution in [0, 0.1) is 27.7 Å². The van der Waals surface area contributed by atoms with Gasteiger partial charge in [-0.25, -0.2) is 4.79 Å². The SMILES string of the molecule is COC(=O)c1cccc(NC(=O)[C@@H](C)Oc2cc(C)cc(C)c2C)c1C. The second-order valence-electron chi connectivity index (χ2n) is 6.42. The topological polar surface area (TPSA) is 64.6 Å². The summed E-state index contributed by atoms with van der Waals surface area (Å²) >= 11 is 0. The van der Waals surface area contributed by atoms with Crippen LogP contribution in [0.3, 0.4) is 0 Å². The second-order valence-corrected chi connectivity index (χ2v) is 6.42. The van der Waals surface area contributed by atoms with Gasteiger partial charge >= 0.3 is 5.97 Å².